The Balaban J connectivity index is 1.41. The molecule has 1 aromatic heterocycles. The highest BCUT2D eigenvalue weighted by Gasteiger charge is 2.52. The van der Waals surface area contributed by atoms with E-state index in [9.17, 15) is 4.79 Å². The predicted octanol–water partition coefficient (Wildman–Crippen LogP) is 3.39. The van der Waals surface area contributed by atoms with E-state index in [4.69, 9.17) is 24.0 Å². The fourth-order valence-corrected chi connectivity index (χ4v) is 4.35. The smallest absolute Gasteiger partial charge is 0.444 e. The van der Waals surface area contributed by atoms with Gasteiger partial charge >= 0.3 is 13.2 Å². The van der Waals surface area contributed by atoms with E-state index in [1.165, 1.54) is 0 Å². The SMILES string of the molecule is CC(C)(C)OC(=O)N1CCCC(CN(c2ncc(B3OC(C)(C)C(C)(C)O3)cn2)C2CC2)C1. The molecule has 0 N–H and O–H groups in total. The number of hydrogen-bond acceptors (Lipinski definition) is 7. The predicted molar refractivity (Wildman–Crippen MR) is 129 cm³/mol. The highest BCUT2D eigenvalue weighted by molar-refractivity contribution is 6.61. The zero-order valence-corrected chi connectivity index (χ0v) is 21.3. The van der Waals surface area contributed by atoms with E-state index in [1.807, 2.05) is 65.8 Å². The number of rotatable bonds is 5. The van der Waals surface area contributed by atoms with Crippen molar-refractivity contribution in [3.8, 4) is 0 Å². The Hall–Kier alpha value is -1.87. The van der Waals surface area contributed by atoms with E-state index in [0.717, 1.165) is 50.2 Å². The lowest BCUT2D eigenvalue weighted by Crippen LogP contribution is -2.46. The van der Waals surface area contributed by atoms with E-state index in [1.54, 1.807) is 0 Å². The van der Waals surface area contributed by atoms with Gasteiger partial charge in [0.15, 0.2) is 0 Å². The fourth-order valence-electron chi connectivity index (χ4n) is 4.35. The summed E-state index contributed by atoms with van der Waals surface area (Å²) in [4.78, 5) is 26.1. The zero-order valence-electron chi connectivity index (χ0n) is 21.3. The maximum Gasteiger partial charge on any atom is 0.498 e. The third-order valence-electron chi connectivity index (χ3n) is 7.05. The van der Waals surface area contributed by atoms with Crippen LogP contribution in [0.5, 0.6) is 0 Å². The molecule has 182 valence electrons. The van der Waals surface area contributed by atoms with Gasteiger partial charge in [-0.15, -0.1) is 0 Å². The van der Waals surface area contributed by atoms with Crippen molar-refractivity contribution in [2.75, 3.05) is 24.5 Å². The molecule has 1 aliphatic carbocycles. The highest BCUT2D eigenvalue weighted by atomic mass is 16.7. The summed E-state index contributed by atoms with van der Waals surface area (Å²) in [5, 5.41) is 0. The molecule has 0 radical (unpaired) electrons. The minimum absolute atomic E-state index is 0.215. The van der Waals surface area contributed by atoms with Gasteiger partial charge in [-0.05, 0) is 80.1 Å². The Morgan fingerprint density at radius 1 is 1.15 bits per heavy atom. The molecule has 0 spiro atoms. The number of amides is 1. The first-order chi connectivity index (χ1) is 15.3. The Morgan fingerprint density at radius 3 is 2.30 bits per heavy atom. The van der Waals surface area contributed by atoms with Crippen LogP contribution >= 0.6 is 0 Å². The highest BCUT2D eigenvalue weighted by Crippen LogP contribution is 2.36. The van der Waals surface area contributed by atoms with Gasteiger partial charge in [0.2, 0.25) is 5.95 Å². The number of piperidine rings is 1. The first-order valence-electron chi connectivity index (χ1n) is 12.3. The molecule has 3 fully saturated rings. The molecule has 1 saturated carbocycles. The van der Waals surface area contributed by atoms with Crippen molar-refractivity contribution in [1.29, 1.82) is 0 Å². The molecule has 1 amide bonds. The van der Waals surface area contributed by atoms with Crippen molar-refractivity contribution < 1.29 is 18.8 Å². The molecular weight excluding hydrogens is 419 g/mol. The van der Waals surface area contributed by atoms with E-state index in [-0.39, 0.29) is 6.09 Å². The Labute approximate surface area is 198 Å². The lowest BCUT2D eigenvalue weighted by Gasteiger charge is -2.36. The molecule has 8 nitrogen and oxygen atoms in total. The molecule has 0 aromatic carbocycles. The largest absolute Gasteiger partial charge is 0.498 e. The molecule has 2 aliphatic heterocycles. The van der Waals surface area contributed by atoms with Crippen LogP contribution in [0.15, 0.2) is 12.4 Å². The summed E-state index contributed by atoms with van der Waals surface area (Å²) in [7, 11) is -0.459. The Morgan fingerprint density at radius 2 is 1.76 bits per heavy atom. The normalized spacial score (nSPS) is 24.6. The first kappa shape index (κ1) is 24.3. The van der Waals surface area contributed by atoms with Crippen molar-refractivity contribution in [3.05, 3.63) is 12.4 Å². The fraction of sp³-hybridized carbons (Fsp3) is 0.792. The van der Waals surface area contributed by atoms with E-state index in [0.29, 0.717) is 18.5 Å². The number of anilines is 1. The summed E-state index contributed by atoms with van der Waals surface area (Å²) in [5.41, 5.74) is -0.423. The lowest BCUT2D eigenvalue weighted by atomic mass is 9.81. The van der Waals surface area contributed by atoms with Crippen LogP contribution in [0, 0.1) is 5.92 Å². The summed E-state index contributed by atoms with van der Waals surface area (Å²) >= 11 is 0. The van der Waals surface area contributed by atoms with Gasteiger partial charge in [0.1, 0.15) is 5.60 Å². The third kappa shape index (κ3) is 5.62. The summed E-state index contributed by atoms with van der Waals surface area (Å²) in [6.07, 6.45) is 7.84. The second kappa shape index (κ2) is 8.73. The standard InChI is InChI=1S/C24H39BN4O4/c1-22(2,3)31-21(30)28-12-8-9-17(15-28)16-29(19-10-11-19)20-26-13-18(14-27-20)25-32-23(4,5)24(6,7)33-25/h13-14,17,19H,8-12,15-16H2,1-7H3. The van der Waals surface area contributed by atoms with Crippen LogP contribution in [-0.2, 0) is 14.0 Å². The van der Waals surface area contributed by atoms with Crippen LogP contribution in [0.4, 0.5) is 10.7 Å². The van der Waals surface area contributed by atoms with E-state index < -0.39 is 23.9 Å². The molecule has 1 unspecified atom stereocenters. The number of hydrogen-bond donors (Lipinski definition) is 0. The van der Waals surface area contributed by atoms with E-state index >= 15 is 0 Å². The van der Waals surface area contributed by atoms with Crippen LogP contribution in [-0.4, -0.2) is 70.6 Å². The summed E-state index contributed by atoms with van der Waals surface area (Å²) in [6, 6.07) is 0.476. The minimum Gasteiger partial charge on any atom is -0.444 e. The topological polar surface area (TPSA) is 77.0 Å². The number of carbonyl (C=O) groups excluding carboxylic acids is 1. The average molecular weight is 458 g/mol. The average Bonchev–Trinajstić information content (AvgIpc) is 3.52. The number of ether oxygens (including phenoxy) is 1. The summed E-state index contributed by atoms with van der Waals surface area (Å²) < 4.78 is 17.9. The molecule has 1 atom stereocenters. The quantitative estimate of drug-likeness (QED) is 0.626. The minimum atomic E-state index is -0.475. The van der Waals surface area contributed by atoms with Gasteiger partial charge in [0.25, 0.3) is 0 Å². The Kier molecular flexibility index (Phi) is 6.42. The molecule has 33 heavy (non-hydrogen) atoms. The van der Waals surface area contributed by atoms with Crippen LogP contribution in [0.2, 0.25) is 0 Å². The Bertz CT molecular complexity index is 835. The van der Waals surface area contributed by atoms with Crippen molar-refractivity contribution in [3.63, 3.8) is 0 Å². The maximum absolute atomic E-state index is 12.6. The van der Waals surface area contributed by atoms with Crippen LogP contribution in [0.3, 0.4) is 0 Å². The van der Waals surface area contributed by atoms with Gasteiger partial charge in [0.05, 0.1) is 11.2 Å². The first-order valence-corrected chi connectivity index (χ1v) is 12.3. The van der Waals surface area contributed by atoms with Crippen molar-refractivity contribution >= 4 is 24.6 Å². The van der Waals surface area contributed by atoms with Crippen molar-refractivity contribution in [1.82, 2.24) is 14.9 Å². The molecule has 3 heterocycles. The van der Waals surface area contributed by atoms with Crippen LogP contribution < -0.4 is 10.4 Å². The second-order valence-corrected chi connectivity index (χ2v) is 11.7. The maximum atomic E-state index is 12.6. The van der Waals surface area contributed by atoms with E-state index in [2.05, 4.69) is 4.90 Å². The number of carbonyl (C=O) groups is 1. The second-order valence-electron chi connectivity index (χ2n) is 11.7. The third-order valence-corrected chi connectivity index (χ3v) is 7.05. The molecule has 2 saturated heterocycles. The van der Waals surface area contributed by atoms with Gasteiger partial charge in [-0.2, -0.15) is 0 Å². The molecule has 1 aromatic rings. The number of nitrogens with zero attached hydrogens (tertiary/aromatic N) is 4. The molecular formula is C24H39BN4O4. The molecule has 0 bridgehead atoms. The van der Waals surface area contributed by atoms with Crippen molar-refractivity contribution in [2.45, 2.75) is 97.0 Å². The molecule has 3 aliphatic rings. The van der Waals surface area contributed by atoms with Gasteiger partial charge in [-0.25, -0.2) is 14.8 Å². The summed E-state index contributed by atoms with van der Waals surface area (Å²) in [6.45, 7) is 16.2. The van der Waals surface area contributed by atoms with Crippen LogP contribution in [0.1, 0.15) is 74.1 Å². The van der Waals surface area contributed by atoms with Gasteiger partial charge in [0, 0.05) is 43.5 Å². The van der Waals surface area contributed by atoms with Crippen LogP contribution in [0.25, 0.3) is 0 Å². The van der Waals surface area contributed by atoms with Gasteiger partial charge < -0.3 is 23.8 Å². The monoisotopic (exact) mass is 458 g/mol. The number of likely N-dealkylation sites (tertiary alicyclic amines) is 1. The lowest BCUT2D eigenvalue weighted by molar-refractivity contribution is 0.00578. The molecule has 4 rings (SSSR count). The summed E-state index contributed by atoms with van der Waals surface area (Å²) in [5.74, 6) is 1.12. The van der Waals surface area contributed by atoms with Gasteiger partial charge in [-0.3, -0.25) is 0 Å². The van der Waals surface area contributed by atoms with Crippen molar-refractivity contribution in [2.24, 2.45) is 5.92 Å². The number of aromatic nitrogens is 2. The van der Waals surface area contributed by atoms with Gasteiger partial charge in [-0.1, -0.05) is 0 Å². The molecule has 9 heteroatoms. The zero-order chi connectivity index (χ0) is 24.0.